The maximum Gasteiger partial charge on any atom is 0.119 e. The Morgan fingerprint density at radius 3 is 2.85 bits per heavy atom. The van der Waals surface area contributed by atoms with Crippen LogP contribution in [0.2, 0.25) is 0 Å². The first-order chi connectivity index (χ1) is 13.2. The SMILES string of the molecule is COc1cccc(CCN2CCC3C(C2)c2cccc4c2N3CCN4C)c1. The van der Waals surface area contributed by atoms with E-state index < -0.39 is 0 Å². The molecule has 0 aliphatic carbocycles. The lowest BCUT2D eigenvalue weighted by Crippen LogP contribution is -2.49. The van der Waals surface area contributed by atoms with Gasteiger partial charge in [0.05, 0.1) is 18.5 Å². The number of anilines is 2. The molecule has 0 aromatic heterocycles. The van der Waals surface area contributed by atoms with E-state index in [2.05, 4.69) is 58.1 Å². The van der Waals surface area contributed by atoms with Crippen LogP contribution in [-0.4, -0.2) is 57.8 Å². The number of ether oxygens (including phenoxy) is 1. The highest BCUT2D eigenvalue weighted by Crippen LogP contribution is 2.50. The van der Waals surface area contributed by atoms with E-state index in [-0.39, 0.29) is 0 Å². The maximum absolute atomic E-state index is 5.37. The van der Waals surface area contributed by atoms with Crippen LogP contribution in [0, 0.1) is 0 Å². The molecule has 2 aromatic carbocycles. The van der Waals surface area contributed by atoms with Crippen molar-refractivity contribution in [2.75, 3.05) is 56.7 Å². The molecule has 2 atom stereocenters. The summed E-state index contributed by atoms with van der Waals surface area (Å²) in [5.74, 6) is 1.62. The van der Waals surface area contributed by atoms with Gasteiger partial charge in [0.25, 0.3) is 0 Å². The zero-order valence-corrected chi connectivity index (χ0v) is 16.4. The number of methoxy groups -OCH3 is 1. The molecular weight excluding hydrogens is 334 g/mol. The summed E-state index contributed by atoms with van der Waals surface area (Å²) in [6, 6.07) is 16.1. The first kappa shape index (κ1) is 16.9. The molecule has 2 aromatic rings. The highest BCUT2D eigenvalue weighted by molar-refractivity contribution is 5.80. The van der Waals surface area contributed by atoms with Crippen LogP contribution < -0.4 is 14.5 Å². The number of piperidine rings is 1. The molecule has 3 heterocycles. The van der Waals surface area contributed by atoms with Crippen LogP contribution in [0.15, 0.2) is 42.5 Å². The smallest absolute Gasteiger partial charge is 0.119 e. The fourth-order valence-electron chi connectivity index (χ4n) is 5.29. The molecule has 3 aliphatic heterocycles. The molecule has 4 nitrogen and oxygen atoms in total. The summed E-state index contributed by atoms with van der Waals surface area (Å²) in [7, 11) is 3.97. The Labute approximate surface area is 162 Å². The second-order valence-corrected chi connectivity index (χ2v) is 8.19. The first-order valence-electron chi connectivity index (χ1n) is 10.2. The molecule has 5 rings (SSSR count). The minimum Gasteiger partial charge on any atom is -0.497 e. The van der Waals surface area contributed by atoms with Crippen molar-refractivity contribution in [2.24, 2.45) is 0 Å². The average Bonchev–Trinajstić information content (AvgIpc) is 3.04. The van der Waals surface area contributed by atoms with Gasteiger partial charge in [-0.25, -0.2) is 0 Å². The Balaban J connectivity index is 1.32. The van der Waals surface area contributed by atoms with E-state index in [1.54, 1.807) is 12.7 Å². The van der Waals surface area contributed by atoms with Gasteiger partial charge in [-0.05, 0) is 42.2 Å². The van der Waals surface area contributed by atoms with E-state index in [1.807, 2.05) is 6.07 Å². The molecule has 0 amide bonds. The third-order valence-corrected chi connectivity index (χ3v) is 6.73. The lowest BCUT2D eigenvalue weighted by atomic mass is 9.89. The summed E-state index contributed by atoms with van der Waals surface area (Å²) >= 11 is 0. The Hall–Kier alpha value is -2.20. The molecule has 1 saturated heterocycles. The highest BCUT2D eigenvalue weighted by Gasteiger charge is 2.44. The van der Waals surface area contributed by atoms with Crippen molar-refractivity contribution in [3.05, 3.63) is 53.6 Å². The summed E-state index contributed by atoms with van der Waals surface area (Å²) in [5.41, 5.74) is 5.90. The second-order valence-electron chi connectivity index (χ2n) is 8.19. The van der Waals surface area contributed by atoms with Crippen molar-refractivity contribution < 1.29 is 4.74 Å². The summed E-state index contributed by atoms with van der Waals surface area (Å²) < 4.78 is 5.37. The summed E-state index contributed by atoms with van der Waals surface area (Å²) in [5, 5.41) is 0. The van der Waals surface area contributed by atoms with Crippen molar-refractivity contribution >= 4 is 11.4 Å². The quantitative estimate of drug-likeness (QED) is 0.829. The van der Waals surface area contributed by atoms with Gasteiger partial charge >= 0.3 is 0 Å². The highest BCUT2D eigenvalue weighted by atomic mass is 16.5. The van der Waals surface area contributed by atoms with Gasteiger partial charge in [-0.1, -0.05) is 24.3 Å². The second kappa shape index (κ2) is 6.75. The number of para-hydroxylation sites is 1. The number of likely N-dealkylation sites (tertiary alicyclic amines) is 1. The molecule has 4 heteroatoms. The third-order valence-electron chi connectivity index (χ3n) is 6.73. The lowest BCUT2D eigenvalue weighted by Gasteiger charge is -2.41. The number of hydrogen-bond donors (Lipinski definition) is 0. The van der Waals surface area contributed by atoms with Crippen molar-refractivity contribution in [2.45, 2.75) is 24.8 Å². The molecule has 0 saturated carbocycles. The topological polar surface area (TPSA) is 19.0 Å². The molecule has 0 N–H and O–H groups in total. The van der Waals surface area contributed by atoms with Crippen LogP contribution in [0.4, 0.5) is 11.4 Å². The molecule has 0 spiro atoms. The van der Waals surface area contributed by atoms with Crippen LogP contribution in [0.5, 0.6) is 5.75 Å². The van der Waals surface area contributed by atoms with Gasteiger partial charge in [-0.2, -0.15) is 0 Å². The zero-order valence-electron chi connectivity index (χ0n) is 16.4. The van der Waals surface area contributed by atoms with Crippen LogP contribution in [0.25, 0.3) is 0 Å². The number of hydrogen-bond acceptors (Lipinski definition) is 4. The molecule has 27 heavy (non-hydrogen) atoms. The molecule has 142 valence electrons. The van der Waals surface area contributed by atoms with Crippen LogP contribution in [0.3, 0.4) is 0 Å². The monoisotopic (exact) mass is 363 g/mol. The van der Waals surface area contributed by atoms with E-state index in [4.69, 9.17) is 4.74 Å². The number of benzene rings is 2. The van der Waals surface area contributed by atoms with Gasteiger partial charge in [-0.15, -0.1) is 0 Å². The standard InChI is InChI=1S/C23H29N3O/c1-24-13-14-26-21-10-12-25(11-9-17-5-3-6-18(15-17)27-2)16-20(21)19-7-4-8-22(24)23(19)26/h3-8,15,20-21H,9-14,16H2,1-2H3. The van der Waals surface area contributed by atoms with Gasteiger partial charge in [0, 0.05) is 51.7 Å². The Kier molecular flexibility index (Phi) is 4.24. The summed E-state index contributed by atoms with van der Waals surface area (Å²) in [6.07, 6.45) is 2.37. The molecule has 3 aliphatic rings. The van der Waals surface area contributed by atoms with E-state index in [0.717, 1.165) is 25.3 Å². The summed E-state index contributed by atoms with van der Waals surface area (Å²) in [6.45, 7) is 5.84. The van der Waals surface area contributed by atoms with Crippen LogP contribution >= 0.6 is 0 Å². The van der Waals surface area contributed by atoms with Gasteiger partial charge in [0.2, 0.25) is 0 Å². The van der Waals surface area contributed by atoms with Crippen molar-refractivity contribution in [1.82, 2.24) is 4.90 Å². The van der Waals surface area contributed by atoms with Gasteiger partial charge in [0.15, 0.2) is 0 Å². The van der Waals surface area contributed by atoms with E-state index >= 15 is 0 Å². The number of likely N-dealkylation sites (N-methyl/N-ethyl adjacent to an activating group) is 1. The maximum atomic E-state index is 5.37. The third kappa shape index (κ3) is 2.87. The zero-order chi connectivity index (χ0) is 18.4. The molecule has 1 fully saturated rings. The Morgan fingerprint density at radius 2 is 1.96 bits per heavy atom. The number of nitrogens with zero attached hydrogens (tertiary/aromatic N) is 3. The van der Waals surface area contributed by atoms with Crippen LogP contribution in [-0.2, 0) is 6.42 Å². The normalized spacial score (nSPS) is 23.9. The predicted molar refractivity (Wildman–Crippen MR) is 111 cm³/mol. The number of rotatable bonds is 4. The van der Waals surface area contributed by atoms with E-state index in [9.17, 15) is 0 Å². The Morgan fingerprint density at radius 1 is 1.07 bits per heavy atom. The average molecular weight is 364 g/mol. The van der Waals surface area contributed by atoms with E-state index in [1.165, 1.54) is 43.0 Å². The predicted octanol–water partition coefficient (Wildman–Crippen LogP) is 3.37. The minimum absolute atomic E-state index is 0.658. The van der Waals surface area contributed by atoms with Gasteiger partial charge in [-0.3, -0.25) is 0 Å². The van der Waals surface area contributed by atoms with Crippen molar-refractivity contribution in [3.8, 4) is 5.75 Å². The van der Waals surface area contributed by atoms with Crippen molar-refractivity contribution in [1.29, 1.82) is 0 Å². The van der Waals surface area contributed by atoms with Crippen molar-refractivity contribution in [3.63, 3.8) is 0 Å². The van der Waals surface area contributed by atoms with Crippen LogP contribution in [0.1, 0.15) is 23.5 Å². The molecule has 2 unspecified atom stereocenters. The Bertz CT molecular complexity index is 836. The van der Waals surface area contributed by atoms with E-state index in [0.29, 0.717) is 12.0 Å². The van der Waals surface area contributed by atoms with Gasteiger partial charge in [0.1, 0.15) is 5.75 Å². The van der Waals surface area contributed by atoms with Gasteiger partial charge < -0.3 is 19.4 Å². The molecule has 0 radical (unpaired) electrons. The molecular formula is C23H29N3O. The summed E-state index contributed by atoms with van der Waals surface area (Å²) in [4.78, 5) is 7.81. The minimum atomic E-state index is 0.658. The lowest BCUT2D eigenvalue weighted by molar-refractivity contribution is 0.195. The largest absolute Gasteiger partial charge is 0.497 e. The molecule has 0 bridgehead atoms. The fourth-order valence-corrected chi connectivity index (χ4v) is 5.29. The fraction of sp³-hybridized carbons (Fsp3) is 0.478. The number of fused-ring (bicyclic) bond motifs is 3. The first-order valence-corrected chi connectivity index (χ1v) is 10.2.